The summed E-state index contributed by atoms with van der Waals surface area (Å²) >= 11 is 0. The highest BCUT2D eigenvalue weighted by atomic mass is 19.1. The van der Waals surface area contributed by atoms with Gasteiger partial charge in [-0.3, -0.25) is 4.98 Å². The molecular formula is C24H22FN6O2. The van der Waals surface area contributed by atoms with Crippen LogP contribution < -0.4 is 5.73 Å². The van der Waals surface area contributed by atoms with E-state index in [9.17, 15) is 4.39 Å². The topological polar surface area (TPSA) is 112 Å². The number of pyridine rings is 1. The molecule has 0 spiro atoms. The van der Waals surface area contributed by atoms with Gasteiger partial charge >= 0.3 is 0 Å². The van der Waals surface area contributed by atoms with Gasteiger partial charge in [-0.05, 0) is 55.0 Å². The van der Waals surface area contributed by atoms with Gasteiger partial charge in [-0.15, -0.1) is 0 Å². The van der Waals surface area contributed by atoms with Gasteiger partial charge in [0.25, 0.3) is 0 Å². The van der Waals surface area contributed by atoms with Crippen LogP contribution in [0.3, 0.4) is 0 Å². The Balaban J connectivity index is 1.52. The zero-order valence-electron chi connectivity index (χ0n) is 17.9. The number of benzene rings is 1. The Bertz CT molecular complexity index is 1230. The lowest BCUT2D eigenvalue weighted by Crippen LogP contribution is -2.50. The number of aromatic amines is 1. The number of hydrogen-bond acceptors (Lipinski definition) is 7. The number of halogens is 1. The molecule has 4 aromatic rings. The molecule has 5 rings (SSSR count). The molecule has 1 aliphatic heterocycles. The van der Waals surface area contributed by atoms with Gasteiger partial charge in [-0.25, -0.2) is 19.3 Å². The summed E-state index contributed by atoms with van der Waals surface area (Å²) < 4.78 is 25.1. The van der Waals surface area contributed by atoms with Gasteiger partial charge in [0, 0.05) is 24.2 Å². The molecule has 167 valence electrons. The molecule has 0 bridgehead atoms. The van der Waals surface area contributed by atoms with Gasteiger partial charge < -0.3 is 20.2 Å². The van der Waals surface area contributed by atoms with E-state index in [1.54, 1.807) is 36.8 Å². The third-order valence-corrected chi connectivity index (χ3v) is 5.12. The maximum absolute atomic E-state index is 13.5. The van der Waals surface area contributed by atoms with E-state index in [2.05, 4.69) is 19.9 Å². The molecule has 0 amide bonds. The molecule has 3 N–H and O–H groups in total. The number of imidazole rings is 1. The lowest BCUT2D eigenvalue weighted by molar-refractivity contribution is -0.211. The van der Waals surface area contributed by atoms with Crippen molar-refractivity contribution in [1.29, 1.82) is 0 Å². The van der Waals surface area contributed by atoms with Crippen LogP contribution in [0.2, 0.25) is 0 Å². The Hall–Kier alpha value is -3.53. The van der Waals surface area contributed by atoms with Gasteiger partial charge in [0.05, 0.1) is 42.3 Å². The minimum Gasteiger partial charge on any atom is -0.344 e. The van der Waals surface area contributed by atoms with Crippen molar-refractivity contribution < 1.29 is 13.9 Å². The number of nitrogens with zero attached hydrogens (tertiary/aromatic N) is 4. The Kier molecular flexibility index (Phi) is 5.67. The van der Waals surface area contributed by atoms with Crippen LogP contribution in [0.1, 0.15) is 30.4 Å². The molecule has 3 aromatic heterocycles. The fourth-order valence-electron chi connectivity index (χ4n) is 3.48. The molecule has 4 heterocycles. The molecule has 1 aliphatic rings. The second kappa shape index (κ2) is 8.78. The highest BCUT2D eigenvalue weighted by Crippen LogP contribution is 2.33. The maximum atomic E-state index is 13.5. The van der Waals surface area contributed by atoms with E-state index in [-0.39, 0.29) is 5.82 Å². The lowest BCUT2D eigenvalue weighted by Gasteiger charge is -2.33. The highest BCUT2D eigenvalue weighted by molar-refractivity contribution is 5.76. The Morgan fingerprint density at radius 2 is 1.76 bits per heavy atom. The van der Waals surface area contributed by atoms with Crippen LogP contribution in [-0.2, 0) is 9.47 Å². The second-order valence-corrected chi connectivity index (χ2v) is 8.19. The van der Waals surface area contributed by atoms with Crippen molar-refractivity contribution in [3.05, 3.63) is 90.5 Å². The van der Waals surface area contributed by atoms with Crippen molar-refractivity contribution in [2.75, 3.05) is 13.2 Å². The van der Waals surface area contributed by atoms with Crippen LogP contribution in [0.25, 0.3) is 22.6 Å². The summed E-state index contributed by atoms with van der Waals surface area (Å²) in [5.74, 6) is 0.690. The first-order chi connectivity index (χ1) is 16.0. The summed E-state index contributed by atoms with van der Waals surface area (Å²) in [4.78, 5) is 21.1. The predicted octanol–water partition coefficient (Wildman–Crippen LogP) is 3.43. The van der Waals surface area contributed by atoms with Crippen molar-refractivity contribution >= 4 is 0 Å². The third-order valence-electron chi connectivity index (χ3n) is 5.12. The molecule has 0 aliphatic carbocycles. The van der Waals surface area contributed by atoms with Crippen molar-refractivity contribution in [1.82, 2.24) is 24.9 Å². The first kappa shape index (κ1) is 21.3. The van der Waals surface area contributed by atoms with Gasteiger partial charge in [-0.2, -0.15) is 0 Å². The normalized spacial score (nSPS) is 20.6. The largest absolute Gasteiger partial charge is 0.344 e. The van der Waals surface area contributed by atoms with Gasteiger partial charge in [0.2, 0.25) is 6.29 Å². The Morgan fingerprint density at radius 1 is 1.03 bits per heavy atom. The average molecular weight is 445 g/mol. The standard InChI is InChI=1S/C24H22FN6O2/c1-24(26)13-32-23(33-14-24)22-30-20(16-2-4-17(25)5-3-16)21(31-22)18-8-11-28-19(29-18)12-15-6-9-27-10-7-15/h2-12,23H,13-14,26H2,1H3,(H,30,31). The summed E-state index contributed by atoms with van der Waals surface area (Å²) in [6, 6.07) is 11.7. The van der Waals surface area contributed by atoms with E-state index >= 15 is 0 Å². The molecule has 33 heavy (non-hydrogen) atoms. The van der Waals surface area contributed by atoms with E-state index in [1.165, 1.54) is 12.1 Å². The monoisotopic (exact) mass is 445 g/mol. The number of nitrogens with one attached hydrogen (secondary N) is 1. The lowest BCUT2D eigenvalue weighted by atomic mass is 10.1. The summed E-state index contributed by atoms with van der Waals surface area (Å²) in [5, 5.41) is 0. The molecule has 9 heteroatoms. The molecule has 8 nitrogen and oxygen atoms in total. The molecule has 1 radical (unpaired) electrons. The molecule has 0 unspecified atom stereocenters. The van der Waals surface area contributed by atoms with E-state index < -0.39 is 11.8 Å². The number of ether oxygens (including phenoxy) is 2. The summed E-state index contributed by atoms with van der Waals surface area (Å²) in [5.41, 5.74) is 9.07. The number of rotatable bonds is 5. The van der Waals surface area contributed by atoms with Crippen LogP contribution in [0.5, 0.6) is 0 Å². The number of nitrogens with two attached hydrogens (primary N) is 1. The smallest absolute Gasteiger partial charge is 0.217 e. The zero-order chi connectivity index (χ0) is 22.8. The summed E-state index contributed by atoms with van der Waals surface area (Å²) in [7, 11) is 0. The van der Waals surface area contributed by atoms with Crippen LogP contribution >= 0.6 is 0 Å². The maximum Gasteiger partial charge on any atom is 0.217 e. The van der Waals surface area contributed by atoms with Crippen LogP contribution in [0, 0.1) is 12.2 Å². The molecule has 0 saturated carbocycles. The Labute approximate surface area is 190 Å². The zero-order valence-corrected chi connectivity index (χ0v) is 17.9. The molecule has 1 saturated heterocycles. The molecule has 1 aromatic carbocycles. The number of H-pyrrole nitrogens is 1. The van der Waals surface area contributed by atoms with Gasteiger partial charge in [0.15, 0.2) is 5.82 Å². The highest BCUT2D eigenvalue weighted by Gasteiger charge is 2.32. The van der Waals surface area contributed by atoms with E-state index in [1.807, 2.05) is 25.5 Å². The molecule has 1 fully saturated rings. The van der Waals surface area contributed by atoms with Gasteiger partial charge in [-0.1, -0.05) is 0 Å². The van der Waals surface area contributed by atoms with E-state index in [0.717, 1.165) is 11.1 Å². The van der Waals surface area contributed by atoms with Crippen LogP contribution in [-0.4, -0.2) is 43.7 Å². The average Bonchev–Trinajstić information content (AvgIpc) is 3.26. The third kappa shape index (κ3) is 4.80. The van der Waals surface area contributed by atoms with E-state index in [4.69, 9.17) is 20.2 Å². The van der Waals surface area contributed by atoms with Crippen molar-refractivity contribution in [3.8, 4) is 22.6 Å². The van der Waals surface area contributed by atoms with E-state index in [0.29, 0.717) is 41.9 Å². The molecule has 0 atom stereocenters. The quantitative estimate of drug-likeness (QED) is 0.484. The minimum atomic E-state index is -0.695. The van der Waals surface area contributed by atoms with Crippen molar-refractivity contribution in [2.45, 2.75) is 18.8 Å². The van der Waals surface area contributed by atoms with Crippen LogP contribution in [0.4, 0.5) is 4.39 Å². The fourth-order valence-corrected chi connectivity index (χ4v) is 3.48. The van der Waals surface area contributed by atoms with Gasteiger partial charge in [0.1, 0.15) is 11.6 Å². The van der Waals surface area contributed by atoms with Crippen LogP contribution in [0.15, 0.2) is 61.1 Å². The first-order valence-electron chi connectivity index (χ1n) is 10.4. The fraction of sp³-hybridized carbons (Fsp3) is 0.208. The first-order valence-corrected chi connectivity index (χ1v) is 10.4. The number of hydrogen-bond donors (Lipinski definition) is 2. The predicted molar refractivity (Wildman–Crippen MR) is 119 cm³/mol. The summed E-state index contributed by atoms with van der Waals surface area (Å²) in [6.45, 7) is 2.53. The van der Waals surface area contributed by atoms with Crippen molar-refractivity contribution in [3.63, 3.8) is 0 Å². The minimum absolute atomic E-state index is 0.325. The summed E-state index contributed by atoms with van der Waals surface area (Å²) in [6.07, 6.45) is 6.26. The Morgan fingerprint density at radius 3 is 2.48 bits per heavy atom. The number of aromatic nitrogens is 5. The molecular weight excluding hydrogens is 423 g/mol. The van der Waals surface area contributed by atoms with Crippen molar-refractivity contribution in [2.24, 2.45) is 5.73 Å². The SMILES string of the molecule is CC1(N)COC(c2nc(-c3ccc(F)cc3)c(-c3ccnc([CH]c4ccncc4)n3)[nH]2)OC1. The second-order valence-electron chi connectivity index (χ2n) is 8.19.